The van der Waals surface area contributed by atoms with Gasteiger partial charge in [0.15, 0.2) is 0 Å². The van der Waals surface area contributed by atoms with Crippen LogP contribution in [-0.2, 0) is 6.18 Å². The Bertz CT molecular complexity index is 2540. The van der Waals surface area contributed by atoms with Gasteiger partial charge >= 0.3 is 6.18 Å². The van der Waals surface area contributed by atoms with Crippen molar-refractivity contribution in [3.63, 3.8) is 0 Å². The standard InChI is InChI=1S/C38H15F5N6/c1-18-10-19(4-8-30(18)39)20-2-6-25-27(11-20)32(23(14-44)15-45)36-34(25)48-37-33(24(16-46)17-47)28-12-21(3-7-26(28)35(37)49-36)22-5-9-31(40)29(13-22)38(41,42)43/h2-13H,1H3. The number of rotatable bonds is 2. The van der Waals surface area contributed by atoms with E-state index < -0.39 is 17.6 Å². The predicted molar refractivity (Wildman–Crippen MR) is 168 cm³/mol. The minimum absolute atomic E-state index is 0.0460. The molecule has 232 valence electrons. The number of benzene rings is 4. The van der Waals surface area contributed by atoms with E-state index in [1.54, 1.807) is 43.3 Å². The quantitative estimate of drug-likeness (QED) is 0.136. The molecule has 0 N–H and O–H groups in total. The smallest absolute Gasteiger partial charge is 0.243 e. The molecule has 2 aliphatic rings. The van der Waals surface area contributed by atoms with E-state index in [-0.39, 0.29) is 62.0 Å². The lowest BCUT2D eigenvalue weighted by Crippen LogP contribution is -2.08. The van der Waals surface area contributed by atoms with Crippen LogP contribution in [-0.4, -0.2) is 9.97 Å². The molecule has 1 heterocycles. The van der Waals surface area contributed by atoms with Gasteiger partial charge in [0, 0.05) is 22.3 Å². The molecule has 0 unspecified atom stereocenters. The van der Waals surface area contributed by atoms with Crippen LogP contribution < -0.4 is 0 Å². The van der Waals surface area contributed by atoms with Crippen molar-refractivity contribution in [2.45, 2.75) is 13.1 Å². The molecular formula is C38H15F5N6. The molecule has 0 saturated heterocycles. The summed E-state index contributed by atoms with van der Waals surface area (Å²) in [6.07, 6.45) is -4.94. The molecule has 0 spiro atoms. The summed E-state index contributed by atoms with van der Waals surface area (Å²) in [4.78, 5) is 9.71. The first-order valence-electron chi connectivity index (χ1n) is 14.4. The fraction of sp³-hybridized carbons (Fsp3) is 0.0526. The first-order valence-corrected chi connectivity index (χ1v) is 14.4. The van der Waals surface area contributed by atoms with Crippen molar-refractivity contribution >= 4 is 11.1 Å². The van der Waals surface area contributed by atoms with E-state index in [1.165, 1.54) is 24.3 Å². The molecule has 2 aliphatic carbocycles. The monoisotopic (exact) mass is 650 g/mol. The zero-order valence-electron chi connectivity index (χ0n) is 25.0. The summed E-state index contributed by atoms with van der Waals surface area (Å²) in [7, 11) is 0. The average molecular weight is 651 g/mol. The molecule has 0 amide bonds. The Labute approximate surface area is 275 Å². The van der Waals surface area contributed by atoms with Crippen molar-refractivity contribution in [1.29, 1.82) is 21.0 Å². The number of fused-ring (bicyclic) bond motifs is 6. The summed E-state index contributed by atoms with van der Waals surface area (Å²) < 4.78 is 68.6. The van der Waals surface area contributed by atoms with E-state index >= 15 is 0 Å². The third-order valence-corrected chi connectivity index (χ3v) is 8.50. The maximum absolute atomic E-state index is 14.1. The third kappa shape index (κ3) is 4.73. The largest absolute Gasteiger partial charge is 0.419 e. The summed E-state index contributed by atoms with van der Waals surface area (Å²) in [5, 5.41) is 39.8. The summed E-state index contributed by atoms with van der Waals surface area (Å²) in [5.74, 6) is -1.80. The van der Waals surface area contributed by atoms with Gasteiger partial charge in [0.2, 0.25) is 0 Å². The van der Waals surface area contributed by atoms with Crippen molar-refractivity contribution in [3.8, 4) is 69.0 Å². The molecule has 1 aromatic heterocycles. The second kappa shape index (κ2) is 11.1. The topological polar surface area (TPSA) is 121 Å². The molecule has 4 aromatic carbocycles. The summed E-state index contributed by atoms with van der Waals surface area (Å²) in [6.45, 7) is 1.63. The van der Waals surface area contributed by atoms with Gasteiger partial charge in [-0.1, -0.05) is 36.4 Å². The van der Waals surface area contributed by atoms with Crippen LogP contribution in [0.2, 0.25) is 0 Å². The number of aryl methyl sites for hydroxylation is 1. The highest BCUT2D eigenvalue weighted by molar-refractivity contribution is 6.07. The maximum Gasteiger partial charge on any atom is 0.419 e. The van der Waals surface area contributed by atoms with Gasteiger partial charge in [-0.15, -0.1) is 0 Å². The molecule has 6 nitrogen and oxygen atoms in total. The predicted octanol–water partition coefficient (Wildman–Crippen LogP) is 9.07. The SMILES string of the molecule is Cc1cc(-c2ccc3c(c2)C(=C(C#N)C#N)c2nc4c(nc2-3)C(=C(C#N)C#N)c2cc(-c3ccc(F)c(C(F)(F)F)c3)ccc2-4)ccc1F. The first-order chi connectivity index (χ1) is 23.5. The molecule has 0 fully saturated rings. The molecule has 11 heteroatoms. The van der Waals surface area contributed by atoms with E-state index in [9.17, 15) is 43.0 Å². The fourth-order valence-electron chi connectivity index (χ4n) is 6.22. The Morgan fingerprint density at radius 2 is 0.939 bits per heavy atom. The zero-order chi connectivity index (χ0) is 34.8. The molecule has 0 bridgehead atoms. The van der Waals surface area contributed by atoms with Crippen LogP contribution in [0.4, 0.5) is 22.0 Å². The van der Waals surface area contributed by atoms with Crippen molar-refractivity contribution in [2.75, 3.05) is 0 Å². The lowest BCUT2D eigenvalue weighted by molar-refractivity contribution is -0.139. The van der Waals surface area contributed by atoms with Crippen LogP contribution >= 0.6 is 0 Å². The normalized spacial score (nSPS) is 12.1. The molecule has 0 saturated carbocycles. The minimum Gasteiger partial charge on any atom is -0.243 e. The van der Waals surface area contributed by atoms with Crippen LogP contribution in [0.3, 0.4) is 0 Å². The van der Waals surface area contributed by atoms with Crippen LogP contribution in [0, 0.1) is 63.9 Å². The van der Waals surface area contributed by atoms with Gasteiger partial charge in [0.05, 0.1) is 17.0 Å². The fourth-order valence-corrected chi connectivity index (χ4v) is 6.22. The van der Waals surface area contributed by atoms with Crippen LogP contribution in [0.15, 0.2) is 83.9 Å². The Kier molecular flexibility index (Phi) is 6.95. The van der Waals surface area contributed by atoms with Gasteiger partial charge < -0.3 is 0 Å². The highest BCUT2D eigenvalue weighted by Crippen LogP contribution is 2.51. The number of hydrogen-bond acceptors (Lipinski definition) is 6. The van der Waals surface area contributed by atoms with Crippen molar-refractivity contribution < 1.29 is 22.0 Å². The van der Waals surface area contributed by atoms with Crippen LogP contribution in [0.25, 0.3) is 55.9 Å². The molecule has 5 aromatic rings. The van der Waals surface area contributed by atoms with Crippen LogP contribution in [0.1, 0.15) is 33.6 Å². The van der Waals surface area contributed by atoms with E-state index in [2.05, 4.69) is 0 Å². The second-order valence-corrected chi connectivity index (χ2v) is 11.2. The molecule has 49 heavy (non-hydrogen) atoms. The highest BCUT2D eigenvalue weighted by Gasteiger charge is 2.37. The van der Waals surface area contributed by atoms with Crippen LogP contribution in [0.5, 0.6) is 0 Å². The number of alkyl halides is 3. The highest BCUT2D eigenvalue weighted by atomic mass is 19.4. The Balaban J connectivity index is 1.46. The Morgan fingerprint density at radius 3 is 1.37 bits per heavy atom. The van der Waals surface area contributed by atoms with Crippen molar-refractivity contribution in [2.24, 2.45) is 0 Å². The minimum atomic E-state index is -4.94. The lowest BCUT2D eigenvalue weighted by Gasteiger charge is -2.11. The maximum atomic E-state index is 14.1. The second-order valence-electron chi connectivity index (χ2n) is 11.2. The van der Waals surface area contributed by atoms with E-state index in [4.69, 9.17) is 9.97 Å². The number of allylic oxidation sites excluding steroid dienone is 2. The molecular weight excluding hydrogens is 635 g/mol. The average Bonchev–Trinajstić information content (AvgIpc) is 3.57. The summed E-state index contributed by atoms with van der Waals surface area (Å²) in [6, 6.07) is 24.6. The number of nitriles is 4. The van der Waals surface area contributed by atoms with Crippen molar-refractivity contribution in [1.82, 2.24) is 9.97 Å². The molecule has 0 radical (unpaired) electrons. The van der Waals surface area contributed by atoms with Gasteiger partial charge in [0.25, 0.3) is 0 Å². The van der Waals surface area contributed by atoms with Gasteiger partial charge in [-0.2, -0.15) is 34.2 Å². The van der Waals surface area contributed by atoms with Gasteiger partial charge in [-0.25, -0.2) is 18.7 Å². The van der Waals surface area contributed by atoms with E-state index in [0.717, 1.165) is 6.07 Å². The molecule has 0 atom stereocenters. The van der Waals surface area contributed by atoms with E-state index in [1.807, 2.05) is 24.3 Å². The number of nitrogens with zero attached hydrogens (tertiary/aromatic N) is 6. The first kappa shape index (κ1) is 30.7. The number of halogens is 5. The molecule has 0 aliphatic heterocycles. The van der Waals surface area contributed by atoms with E-state index in [0.29, 0.717) is 45.0 Å². The Morgan fingerprint density at radius 1 is 0.531 bits per heavy atom. The third-order valence-electron chi connectivity index (χ3n) is 8.50. The summed E-state index contributed by atoms with van der Waals surface area (Å²) in [5.41, 5.74) is 2.97. The summed E-state index contributed by atoms with van der Waals surface area (Å²) >= 11 is 0. The van der Waals surface area contributed by atoms with Gasteiger partial charge in [-0.05, 0) is 82.3 Å². The lowest BCUT2D eigenvalue weighted by atomic mass is 9.95. The number of aromatic nitrogens is 2. The zero-order valence-corrected chi connectivity index (χ0v) is 25.0. The van der Waals surface area contributed by atoms with Crippen molar-refractivity contribution in [3.05, 3.63) is 129 Å². The Hall–Kier alpha value is -6.95. The van der Waals surface area contributed by atoms with Gasteiger partial charge in [0.1, 0.15) is 58.4 Å². The molecule has 7 rings (SSSR count). The number of hydrogen-bond donors (Lipinski definition) is 0. The van der Waals surface area contributed by atoms with Gasteiger partial charge in [-0.3, -0.25) is 0 Å².